The molecule has 0 aliphatic heterocycles. The number of anilines is 1. The number of nitrogens with zero attached hydrogens (tertiary/aromatic N) is 1. The van der Waals surface area contributed by atoms with Crippen LogP contribution in [0.3, 0.4) is 0 Å². The molecule has 4 heteroatoms. The first-order valence-corrected chi connectivity index (χ1v) is 8.14. The highest BCUT2D eigenvalue weighted by atomic mass is 79.9. The van der Waals surface area contributed by atoms with Crippen molar-refractivity contribution in [3.05, 3.63) is 27.7 Å². The second-order valence-electron chi connectivity index (χ2n) is 5.48. The molecule has 0 amide bonds. The molecule has 1 aliphatic rings. The summed E-state index contributed by atoms with van der Waals surface area (Å²) in [5.74, 6) is -0.857. The summed E-state index contributed by atoms with van der Waals surface area (Å²) in [7, 11) is 0. The Hall–Kier alpha value is -1.03. The normalized spacial score (nSPS) is 16.1. The van der Waals surface area contributed by atoms with Crippen molar-refractivity contribution in [1.29, 1.82) is 0 Å². The fraction of sp³-hybridized carbons (Fsp3) is 0.562. The third-order valence-corrected chi connectivity index (χ3v) is 4.70. The molecule has 0 unspecified atom stereocenters. The summed E-state index contributed by atoms with van der Waals surface area (Å²) in [5.41, 5.74) is 2.32. The van der Waals surface area contributed by atoms with Crippen LogP contribution in [0.15, 0.2) is 16.6 Å². The van der Waals surface area contributed by atoms with Crippen molar-refractivity contribution < 1.29 is 9.90 Å². The van der Waals surface area contributed by atoms with Crippen LogP contribution in [-0.2, 0) is 0 Å². The average Bonchev–Trinajstić information content (AvgIpc) is 2.44. The van der Waals surface area contributed by atoms with E-state index in [0.29, 0.717) is 11.6 Å². The molecule has 1 saturated carbocycles. The molecule has 0 saturated heterocycles. The minimum absolute atomic E-state index is 0.392. The van der Waals surface area contributed by atoms with Gasteiger partial charge in [-0.25, -0.2) is 4.79 Å². The van der Waals surface area contributed by atoms with Crippen molar-refractivity contribution in [3.63, 3.8) is 0 Å². The Morgan fingerprint density at radius 2 is 2.00 bits per heavy atom. The van der Waals surface area contributed by atoms with Crippen LogP contribution in [0.1, 0.15) is 54.9 Å². The Kier molecular flexibility index (Phi) is 5.08. The number of carbonyl (C=O) groups is 1. The number of carboxylic acids is 1. The summed E-state index contributed by atoms with van der Waals surface area (Å²) < 4.78 is 0.838. The van der Waals surface area contributed by atoms with Gasteiger partial charge in [-0.05, 0) is 44.4 Å². The summed E-state index contributed by atoms with van der Waals surface area (Å²) >= 11 is 3.45. The Morgan fingerprint density at radius 1 is 1.35 bits per heavy atom. The van der Waals surface area contributed by atoms with E-state index >= 15 is 0 Å². The lowest BCUT2D eigenvalue weighted by Crippen LogP contribution is -2.37. The lowest BCUT2D eigenvalue weighted by Gasteiger charge is -2.36. The quantitative estimate of drug-likeness (QED) is 0.870. The van der Waals surface area contributed by atoms with Gasteiger partial charge in [0.1, 0.15) is 0 Å². The van der Waals surface area contributed by atoms with Gasteiger partial charge in [0.2, 0.25) is 0 Å². The van der Waals surface area contributed by atoms with Crippen LogP contribution >= 0.6 is 15.9 Å². The zero-order valence-electron chi connectivity index (χ0n) is 12.2. The predicted octanol–water partition coefficient (Wildman–Crippen LogP) is 4.61. The van der Waals surface area contributed by atoms with Crippen LogP contribution in [0.2, 0.25) is 0 Å². The molecule has 3 nitrogen and oxygen atoms in total. The van der Waals surface area contributed by atoms with Gasteiger partial charge in [-0.1, -0.05) is 35.2 Å². The Bertz CT molecular complexity index is 495. The number of benzene rings is 1. The van der Waals surface area contributed by atoms with Crippen LogP contribution in [-0.4, -0.2) is 23.7 Å². The monoisotopic (exact) mass is 339 g/mol. The molecule has 20 heavy (non-hydrogen) atoms. The molecule has 0 spiro atoms. The van der Waals surface area contributed by atoms with Gasteiger partial charge in [-0.2, -0.15) is 0 Å². The molecule has 1 aliphatic carbocycles. The van der Waals surface area contributed by atoms with Gasteiger partial charge in [0.05, 0.1) is 5.56 Å². The maximum absolute atomic E-state index is 11.4. The van der Waals surface area contributed by atoms with Crippen LogP contribution in [0, 0.1) is 6.92 Å². The van der Waals surface area contributed by atoms with E-state index < -0.39 is 5.97 Å². The first-order valence-electron chi connectivity index (χ1n) is 7.34. The van der Waals surface area contributed by atoms with Crippen molar-refractivity contribution >= 4 is 27.6 Å². The number of halogens is 1. The van der Waals surface area contributed by atoms with Crippen molar-refractivity contribution in [2.24, 2.45) is 0 Å². The van der Waals surface area contributed by atoms with E-state index in [1.54, 1.807) is 6.07 Å². The number of carboxylic acid groups (broad SMARTS) is 1. The summed E-state index contributed by atoms with van der Waals surface area (Å²) in [4.78, 5) is 13.8. The maximum atomic E-state index is 11.4. The van der Waals surface area contributed by atoms with Gasteiger partial charge in [-0.3, -0.25) is 0 Å². The van der Waals surface area contributed by atoms with E-state index in [1.807, 2.05) is 6.92 Å². The molecule has 2 rings (SSSR count). The smallest absolute Gasteiger partial charge is 0.336 e. The molecular weight excluding hydrogens is 318 g/mol. The molecule has 0 bridgehead atoms. The minimum Gasteiger partial charge on any atom is -0.478 e. The Morgan fingerprint density at radius 3 is 2.55 bits per heavy atom. The molecule has 0 radical (unpaired) electrons. The summed E-state index contributed by atoms with van der Waals surface area (Å²) in [5, 5.41) is 9.34. The molecule has 0 atom stereocenters. The van der Waals surface area contributed by atoms with Crippen molar-refractivity contribution in [1.82, 2.24) is 0 Å². The largest absolute Gasteiger partial charge is 0.478 e. The second kappa shape index (κ2) is 6.61. The number of aromatic carboxylic acids is 1. The second-order valence-corrected chi connectivity index (χ2v) is 6.40. The molecule has 110 valence electrons. The third-order valence-electron chi connectivity index (χ3n) is 4.24. The molecule has 1 aromatic carbocycles. The Labute approximate surface area is 129 Å². The van der Waals surface area contributed by atoms with E-state index in [1.165, 1.54) is 32.1 Å². The first-order chi connectivity index (χ1) is 9.54. The molecular formula is C16H22BrNO2. The van der Waals surface area contributed by atoms with Crippen molar-refractivity contribution in [2.45, 2.75) is 52.0 Å². The molecule has 0 aromatic heterocycles. The highest BCUT2D eigenvalue weighted by Crippen LogP contribution is 2.33. The highest BCUT2D eigenvalue weighted by molar-refractivity contribution is 9.10. The van der Waals surface area contributed by atoms with Crippen LogP contribution < -0.4 is 4.90 Å². The van der Waals surface area contributed by atoms with E-state index in [2.05, 4.69) is 33.8 Å². The molecule has 1 aromatic rings. The standard InChI is InChI=1S/C16H22BrNO2/c1-3-18(13-7-5-4-6-8-13)15-10-12(17)9-14(11(15)2)16(19)20/h9-10,13H,3-8H2,1-2H3,(H,19,20). The lowest BCUT2D eigenvalue weighted by atomic mass is 9.93. The predicted molar refractivity (Wildman–Crippen MR) is 85.7 cm³/mol. The van der Waals surface area contributed by atoms with Crippen LogP contribution in [0.25, 0.3) is 0 Å². The van der Waals surface area contributed by atoms with Crippen LogP contribution in [0.4, 0.5) is 5.69 Å². The van der Waals surface area contributed by atoms with Crippen molar-refractivity contribution in [3.8, 4) is 0 Å². The number of rotatable bonds is 4. The topological polar surface area (TPSA) is 40.5 Å². The third kappa shape index (κ3) is 3.17. The van der Waals surface area contributed by atoms with E-state index in [4.69, 9.17) is 0 Å². The van der Waals surface area contributed by atoms with E-state index in [-0.39, 0.29) is 0 Å². The minimum atomic E-state index is -0.857. The maximum Gasteiger partial charge on any atom is 0.336 e. The SMILES string of the molecule is CCN(c1cc(Br)cc(C(=O)O)c1C)C1CCCCC1. The summed E-state index contributed by atoms with van der Waals surface area (Å²) in [6, 6.07) is 4.29. The lowest BCUT2D eigenvalue weighted by molar-refractivity contribution is 0.0696. The van der Waals surface area contributed by atoms with Crippen molar-refractivity contribution in [2.75, 3.05) is 11.4 Å². The van der Waals surface area contributed by atoms with E-state index in [0.717, 1.165) is 22.3 Å². The Balaban J connectivity index is 2.40. The summed E-state index contributed by atoms with van der Waals surface area (Å²) in [6.07, 6.45) is 6.30. The first kappa shape index (κ1) is 15.4. The molecule has 1 fully saturated rings. The number of hydrogen-bond donors (Lipinski definition) is 1. The molecule has 1 N–H and O–H groups in total. The van der Waals surface area contributed by atoms with Crippen LogP contribution in [0.5, 0.6) is 0 Å². The molecule has 0 heterocycles. The highest BCUT2D eigenvalue weighted by Gasteiger charge is 2.23. The zero-order chi connectivity index (χ0) is 14.7. The van der Waals surface area contributed by atoms with Gasteiger partial charge >= 0.3 is 5.97 Å². The fourth-order valence-electron chi connectivity index (χ4n) is 3.20. The van der Waals surface area contributed by atoms with E-state index in [9.17, 15) is 9.90 Å². The van der Waals surface area contributed by atoms with Gasteiger partial charge in [0.25, 0.3) is 0 Å². The zero-order valence-corrected chi connectivity index (χ0v) is 13.7. The van der Waals surface area contributed by atoms with Gasteiger partial charge in [0, 0.05) is 22.7 Å². The average molecular weight is 340 g/mol. The van der Waals surface area contributed by atoms with Gasteiger partial charge < -0.3 is 10.0 Å². The summed E-state index contributed by atoms with van der Waals surface area (Å²) in [6.45, 7) is 4.98. The number of hydrogen-bond acceptors (Lipinski definition) is 2. The van der Waals surface area contributed by atoms with Gasteiger partial charge in [-0.15, -0.1) is 0 Å². The fourth-order valence-corrected chi connectivity index (χ4v) is 3.65. The van der Waals surface area contributed by atoms with Gasteiger partial charge in [0.15, 0.2) is 0 Å².